The van der Waals surface area contributed by atoms with Crippen molar-refractivity contribution in [3.05, 3.63) is 54.2 Å². The summed E-state index contributed by atoms with van der Waals surface area (Å²) in [6, 6.07) is 14.5. The molecule has 0 unspecified atom stereocenters. The van der Waals surface area contributed by atoms with Crippen molar-refractivity contribution < 1.29 is 9.59 Å². The third kappa shape index (κ3) is 3.06. The van der Waals surface area contributed by atoms with E-state index in [1.165, 1.54) is 6.92 Å². The van der Waals surface area contributed by atoms with Gasteiger partial charge in [0.2, 0.25) is 5.91 Å². The van der Waals surface area contributed by atoms with Crippen molar-refractivity contribution in [2.45, 2.75) is 6.92 Å². The van der Waals surface area contributed by atoms with Gasteiger partial charge in [0.05, 0.1) is 5.52 Å². The summed E-state index contributed by atoms with van der Waals surface area (Å²) in [6.45, 7) is 1.44. The quantitative estimate of drug-likeness (QED) is 0.781. The van der Waals surface area contributed by atoms with Crippen LogP contribution in [0.15, 0.2) is 48.5 Å². The van der Waals surface area contributed by atoms with E-state index in [1.807, 2.05) is 24.3 Å². The first-order valence-electron chi connectivity index (χ1n) is 7.15. The van der Waals surface area contributed by atoms with Crippen LogP contribution >= 0.6 is 0 Å². The molecule has 0 radical (unpaired) electrons. The molecule has 0 saturated heterocycles. The third-order valence-electron chi connectivity index (χ3n) is 3.41. The summed E-state index contributed by atoms with van der Waals surface area (Å²) in [6.07, 6.45) is 0. The van der Waals surface area contributed by atoms with E-state index in [0.29, 0.717) is 17.1 Å². The Morgan fingerprint density at radius 1 is 1.00 bits per heavy atom. The van der Waals surface area contributed by atoms with Gasteiger partial charge in [-0.25, -0.2) is 0 Å². The number of fused-ring (bicyclic) bond motifs is 1. The Labute approximate surface area is 133 Å². The van der Waals surface area contributed by atoms with E-state index in [0.717, 1.165) is 10.9 Å². The molecule has 0 aliphatic heterocycles. The zero-order valence-corrected chi connectivity index (χ0v) is 12.8. The van der Waals surface area contributed by atoms with Gasteiger partial charge in [0.15, 0.2) is 5.69 Å². The van der Waals surface area contributed by atoms with Crippen LogP contribution in [0.2, 0.25) is 0 Å². The van der Waals surface area contributed by atoms with Gasteiger partial charge in [-0.05, 0) is 24.3 Å². The zero-order valence-electron chi connectivity index (χ0n) is 12.8. The van der Waals surface area contributed by atoms with Gasteiger partial charge in [0.25, 0.3) is 5.91 Å². The van der Waals surface area contributed by atoms with Gasteiger partial charge < -0.3 is 10.6 Å². The molecule has 2 N–H and O–H groups in total. The van der Waals surface area contributed by atoms with Crippen molar-refractivity contribution in [2.75, 3.05) is 10.6 Å². The molecule has 0 atom stereocenters. The first kappa shape index (κ1) is 14.8. The van der Waals surface area contributed by atoms with Crippen LogP contribution in [0.3, 0.4) is 0 Å². The van der Waals surface area contributed by atoms with Gasteiger partial charge in [-0.2, -0.15) is 5.10 Å². The van der Waals surface area contributed by atoms with Crippen molar-refractivity contribution in [1.29, 1.82) is 0 Å². The van der Waals surface area contributed by atoms with Gasteiger partial charge in [0.1, 0.15) is 0 Å². The standard InChI is InChI=1S/C17H16N4O2/c1-11(22)18-12-6-5-7-13(10-12)19-17(23)16-14-8-3-4-9-15(14)21(2)20-16/h3-10H,1-2H3,(H,18,22)(H,19,23). The zero-order chi connectivity index (χ0) is 16.4. The maximum atomic E-state index is 12.5. The minimum absolute atomic E-state index is 0.163. The molecule has 6 heteroatoms. The SMILES string of the molecule is CC(=O)Nc1cccc(NC(=O)c2nn(C)c3ccccc23)c1. The van der Waals surface area contributed by atoms with Gasteiger partial charge in [-0.3, -0.25) is 14.3 Å². The van der Waals surface area contributed by atoms with Gasteiger partial charge in [-0.15, -0.1) is 0 Å². The normalized spacial score (nSPS) is 10.5. The molecule has 1 aromatic heterocycles. The number of anilines is 2. The van der Waals surface area contributed by atoms with Crippen LogP contribution in [0.5, 0.6) is 0 Å². The van der Waals surface area contributed by atoms with Gasteiger partial charge >= 0.3 is 0 Å². The molecule has 116 valence electrons. The Hall–Kier alpha value is -3.15. The summed E-state index contributed by atoms with van der Waals surface area (Å²) in [4.78, 5) is 23.6. The minimum Gasteiger partial charge on any atom is -0.326 e. The van der Waals surface area contributed by atoms with E-state index in [1.54, 1.807) is 36.0 Å². The number of carbonyl (C=O) groups is 2. The molecule has 0 saturated carbocycles. The van der Waals surface area contributed by atoms with Crippen LogP contribution in [0.25, 0.3) is 10.9 Å². The molecular formula is C17H16N4O2. The summed E-state index contributed by atoms with van der Waals surface area (Å²) >= 11 is 0. The molecule has 23 heavy (non-hydrogen) atoms. The molecule has 2 amide bonds. The van der Waals surface area contributed by atoms with Gasteiger partial charge in [-0.1, -0.05) is 24.3 Å². The smallest absolute Gasteiger partial charge is 0.276 e. The van der Waals surface area contributed by atoms with Crippen LogP contribution in [0, 0.1) is 0 Å². The van der Waals surface area contributed by atoms with E-state index in [4.69, 9.17) is 0 Å². The van der Waals surface area contributed by atoms with Crippen LogP contribution in [0.4, 0.5) is 11.4 Å². The second kappa shape index (κ2) is 5.92. The highest BCUT2D eigenvalue weighted by Gasteiger charge is 2.15. The first-order valence-corrected chi connectivity index (χ1v) is 7.15. The minimum atomic E-state index is -0.290. The lowest BCUT2D eigenvalue weighted by molar-refractivity contribution is -0.114. The molecule has 3 aromatic rings. The fourth-order valence-corrected chi connectivity index (χ4v) is 2.45. The number of hydrogen-bond acceptors (Lipinski definition) is 3. The molecule has 0 bridgehead atoms. The topological polar surface area (TPSA) is 76.0 Å². The summed E-state index contributed by atoms with van der Waals surface area (Å²) in [5.74, 6) is -0.453. The highest BCUT2D eigenvalue weighted by molar-refractivity contribution is 6.11. The first-order chi connectivity index (χ1) is 11.0. The number of rotatable bonds is 3. The van der Waals surface area contributed by atoms with E-state index < -0.39 is 0 Å². The lowest BCUT2D eigenvalue weighted by atomic mass is 10.2. The van der Waals surface area contributed by atoms with Gasteiger partial charge in [0, 0.05) is 30.7 Å². The molecule has 0 aliphatic carbocycles. The van der Waals surface area contributed by atoms with Crippen LogP contribution in [-0.2, 0) is 11.8 Å². The van der Waals surface area contributed by atoms with Crippen molar-refractivity contribution >= 4 is 34.1 Å². The Balaban J connectivity index is 1.88. The summed E-state index contributed by atoms with van der Waals surface area (Å²) < 4.78 is 1.68. The average molecular weight is 308 g/mol. The second-order valence-corrected chi connectivity index (χ2v) is 5.21. The van der Waals surface area contributed by atoms with E-state index in [2.05, 4.69) is 15.7 Å². The largest absolute Gasteiger partial charge is 0.326 e. The number of para-hydroxylation sites is 1. The predicted octanol–water partition coefficient (Wildman–Crippen LogP) is 2.78. The third-order valence-corrected chi connectivity index (χ3v) is 3.41. The van der Waals surface area contributed by atoms with Crippen LogP contribution in [0.1, 0.15) is 17.4 Å². The van der Waals surface area contributed by atoms with Crippen molar-refractivity contribution in [3.63, 3.8) is 0 Å². The lowest BCUT2D eigenvalue weighted by Crippen LogP contribution is -2.14. The average Bonchev–Trinajstić information content (AvgIpc) is 2.85. The van der Waals surface area contributed by atoms with Crippen molar-refractivity contribution in [3.8, 4) is 0 Å². The van der Waals surface area contributed by atoms with Crippen LogP contribution < -0.4 is 10.6 Å². The highest BCUT2D eigenvalue weighted by atomic mass is 16.2. The fourth-order valence-electron chi connectivity index (χ4n) is 2.45. The Bertz CT molecular complexity index is 898. The van der Waals surface area contributed by atoms with Crippen molar-refractivity contribution in [1.82, 2.24) is 9.78 Å². The molecule has 0 spiro atoms. The van der Waals surface area contributed by atoms with E-state index in [-0.39, 0.29) is 11.8 Å². The molecule has 3 rings (SSSR count). The summed E-state index contributed by atoms with van der Waals surface area (Å²) in [5.41, 5.74) is 2.48. The number of hydrogen-bond donors (Lipinski definition) is 2. The molecule has 0 aliphatic rings. The monoisotopic (exact) mass is 308 g/mol. The number of aromatic nitrogens is 2. The maximum Gasteiger partial charge on any atom is 0.276 e. The number of carbonyl (C=O) groups excluding carboxylic acids is 2. The summed E-state index contributed by atoms with van der Waals surface area (Å²) in [7, 11) is 1.80. The fraction of sp³-hybridized carbons (Fsp3) is 0.118. The predicted molar refractivity (Wildman–Crippen MR) is 89.4 cm³/mol. The second-order valence-electron chi connectivity index (χ2n) is 5.21. The van der Waals surface area contributed by atoms with Crippen LogP contribution in [-0.4, -0.2) is 21.6 Å². The molecule has 2 aromatic carbocycles. The van der Waals surface area contributed by atoms with Crippen molar-refractivity contribution in [2.24, 2.45) is 7.05 Å². The van der Waals surface area contributed by atoms with E-state index >= 15 is 0 Å². The highest BCUT2D eigenvalue weighted by Crippen LogP contribution is 2.20. The number of benzene rings is 2. The Morgan fingerprint density at radius 2 is 1.70 bits per heavy atom. The molecule has 6 nitrogen and oxygen atoms in total. The number of aryl methyl sites for hydroxylation is 1. The number of nitrogens with zero attached hydrogens (tertiary/aromatic N) is 2. The number of amides is 2. The Morgan fingerprint density at radius 3 is 2.43 bits per heavy atom. The lowest BCUT2D eigenvalue weighted by Gasteiger charge is -2.07. The summed E-state index contributed by atoms with van der Waals surface area (Å²) in [5, 5.41) is 10.6. The van der Waals surface area contributed by atoms with E-state index in [9.17, 15) is 9.59 Å². The molecule has 1 heterocycles. The molecule has 0 fully saturated rings. The maximum absolute atomic E-state index is 12.5. The number of nitrogens with one attached hydrogen (secondary N) is 2. The Kier molecular flexibility index (Phi) is 3.80. The molecular weight excluding hydrogens is 292 g/mol.